The fourth-order valence-electron chi connectivity index (χ4n) is 1.58. The Bertz CT molecular complexity index is 300. The van der Waals surface area contributed by atoms with Crippen molar-refractivity contribution in [3.05, 3.63) is 0 Å². The summed E-state index contributed by atoms with van der Waals surface area (Å²) < 4.78 is 7.25. The Hall–Kier alpha value is -1.17. The molecule has 14 heavy (non-hydrogen) atoms. The van der Waals surface area contributed by atoms with E-state index in [1.807, 2.05) is 0 Å². The molecule has 2 rings (SSSR count). The predicted molar refractivity (Wildman–Crippen MR) is 49.9 cm³/mol. The molecule has 0 amide bonds. The lowest BCUT2D eigenvalue weighted by atomic mass is 9.97. The lowest BCUT2D eigenvalue weighted by molar-refractivity contribution is 0.0992. The van der Waals surface area contributed by atoms with Gasteiger partial charge in [0.05, 0.1) is 0 Å². The Kier molecular flexibility index (Phi) is 2.62. The van der Waals surface area contributed by atoms with E-state index in [9.17, 15) is 0 Å². The van der Waals surface area contributed by atoms with Crippen molar-refractivity contribution in [1.82, 2.24) is 25.5 Å². The number of nitrogens with zero attached hydrogens (tertiary/aromatic N) is 4. The van der Waals surface area contributed by atoms with Crippen molar-refractivity contribution in [2.75, 3.05) is 13.1 Å². The first-order valence-corrected chi connectivity index (χ1v) is 4.87. The largest absolute Gasteiger partial charge is 0.458 e. The number of hydrogen-bond donors (Lipinski definition) is 1. The highest BCUT2D eigenvalue weighted by Crippen LogP contribution is 2.16. The maximum atomic E-state index is 5.70. The number of piperidine rings is 1. The standard InChI is InChI=1S/C8H15N5O/c1-6-3-4-9-5-7(6)14-8-10-11-12-13(8)2/h6-7,9H,3-5H2,1-2H3. The third-order valence-corrected chi connectivity index (χ3v) is 2.59. The average Bonchev–Trinajstić information content (AvgIpc) is 2.56. The van der Waals surface area contributed by atoms with Crippen molar-refractivity contribution in [3.8, 4) is 6.01 Å². The van der Waals surface area contributed by atoms with Crippen LogP contribution in [-0.4, -0.2) is 39.4 Å². The van der Waals surface area contributed by atoms with Gasteiger partial charge in [-0.25, -0.2) is 0 Å². The molecule has 1 aromatic rings. The van der Waals surface area contributed by atoms with E-state index >= 15 is 0 Å². The van der Waals surface area contributed by atoms with Gasteiger partial charge in [0.1, 0.15) is 6.10 Å². The Morgan fingerprint density at radius 2 is 2.43 bits per heavy atom. The summed E-state index contributed by atoms with van der Waals surface area (Å²) in [6, 6.07) is 0.491. The molecule has 0 spiro atoms. The molecule has 1 aromatic heterocycles. The van der Waals surface area contributed by atoms with Crippen molar-refractivity contribution in [1.29, 1.82) is 0 Å². The summed E-state index contributed by atoms with van der Waals surface area (Å²) in [5, 5.41) is 14.3. The van der Waals surface area contributed by atoms with E-state index in [1.54, 1.807) is 11.7 Å². The topological polar surface area (TPSA) is 64.9 Å². The van der Waals surface area contributed by atoms with Gasteiger partial charge in [0.15, 0.2) is 0 Å². The zero-order valence-electron chi connectivity index (χ0n) is 8.47. The molecule has 0 aromatic carbocycles. The molecule has 0 saturated carbocycles. The van der Waals surface area contributed by atoms with E-state index in [0.717, 1.165) is 19.5 Å². The maximum Gasteiger partial charge on any atom is 0.335 e. The van der Waals surface area contributed by atoms with Gasteiger partial charge in [-0.05, 0) is 29.3 Å². The lowest BCUT2D eigenvalue weighted by Gasteiger charge is -2.28. The van der Waals surface area contributed by atoms with Crippen molar-refractivity contribution in [3.63, 3.8) is 0 Å². The Balaban J connectivity index is 1.99. The minimum atomic E-state index is 0.174. The van der Waals surface area contributed by atoms with Crippen LogP contribution in [0.5, 0.6) is 6.01 Å². The molecule has 1 N–H and O–H groups in total. The van der Waals surface area contributed by atoms with Crippen molar-refractivity contribution >= 4 is 0 Å². The molecule has 2 atom stereocenters. The van der Waals surface area contributed by atoms with Crippen LogP contribution >= 0.6 is 0 Å². The predicted octanol–water partition coefficient (Wildman–Crippen LogP) is -0.413. The minimum Gasteiger partial charge on any atom is -0.458 e. The summed E-state index contributed by atoms with van der Waals surface area (Å²) in [7, 11) is 1.77. The van der Waals surface area contributed by atoms with E-state index in [2.05, 4.69) is 27.8 Å². The van der Waals surface area contributed by atoms with Crippen LogP contribution in [0, 0.1) is 5.92 Å². The zero-order valence-corrected chi connectivity index (χ0v) is 8.47. The van der Waals surface area contributed by atoms with E-state index < -0.39 is 0 Å². The quantitative estimate of drug-likeness (QED) is 0.698. The van der Waals surface area contributed by atoms with Gasteiger partial charge >= 0.3 is 6.01 Å². The first-order chi connectivity index (χ1) is 6.77. The van der Waals surface area contributed by atoms with Crippen LogP contribution in [0.2, 0.25) is 0 Å². The molecule has 78 valence electrons. The van der Waals surface area contributed by atoms with Crippen molar-refractivity contribution < 1.29 is 4.74 Å². The molecule has 0 aliphatic carbocycles. The molecule has 1 aliphatic heterocycles. The highest BCUT2D eigenvalue weighted by atomic mass is 16.5. The van der Waals surface area contributed by atoms with Gasteiger partial charge < -0.3 is 10.1 Å². The van der Waals surface area contributed by atoms with Crippen LogP contribution in [0.4, 0.5) is 0 Å². The van der Waals surface area contributed by atoms with E-state index in [0.29, 0.717) is 11.9 Å². The van der Waals surface area contributed by atoms with E-state index in [4.69, 9.17) is 4.74 Å². The third-order valence-electron chi connectivity index (χ3n) is 2.59. The number of aryl methyl sites for hydroxylation is 1. The van der Waals surface area contributed by atoms with Gasteiger partial charge in [-0.15, -0.1) is 0 Å². The Morgan fingerprint density at radius 3 is 3.07 bits per heavy atom. The number of ether oxygens (including phenoxy) is 1. The molecule has 1 aliphatic rings. The van der Waals surface area contributed by atoms with Gasteiger partial charge in [-0.3, -0.25) is 0 Å². The number of aromatic nitrogens is 4. The summed E-state index contributed by atoms with van der Waals surface area (Å²) in [4.78, 5) is 0. The maximum absolute atomic E-state index is 5.70. The van der Waals surface area contributed by atoms with Gasteiger partial charge in [-0.1, -0.05) is 12.0 Å². The van der Waals surface area contributed by atoms with Crippen LogP contribution < -0.4 is 10.1 Å². The summed E-state index contributed by atoms with van der Waals surface area (Å²) >= 11 is 0. The van der Waals surface area contributed by atoms with Gasteiger partial charge in [0, 0.05) is 13.6 Å². The van der Waals surface area contributed by atoms with Gasteiger partial charge in [0.25, 0.3) is 0 Å². The van der Waals surface area contributed by atoms with Crippen molar-refractivity contribution in [2.24, 2.45) is 13.0 Å². The van der Waals surface area contributed by atoms with Crippen molar-refractivity contribution in [2.45, 2.75) is 19.4 Å². The molecule has 1 fully saturated rings. The third kappa shape index (κ3) is 1.84. The average molecular weight is 197 g/mol. The monoisotopic (exact) mass is 197 g/mol. The first-order valence-electron chi connectivity index (χ1n) is 4.87. The molecule has 6 heteroatoms. The summed E-state index contributed by atoms with van der Waals surface area (Å²) in [5.41, 5.74) is 0. The fraction of sp³-hybridized carbons (Fsp3) is 0.875. The van der Waals surface area contributed by atoms with E-state index in [1.165, 1.54) is 0 Å². The SMILES string of the molecule is CC1CCNCC1Oc1nnnn1C. The highest BCUT2D eigenvalue weighted by Gasteiger charge is 2.24. The molecule has 2 unspecified atom stereocenters. The second-order valence-electron chi connectivity index (χ2n) is 3.71. The molecule has 0 bridgehead atoms. The zero-order chi connectivity index (χ0) is 9.97. The van der Waals surface area contributed by atoms with Crippen LogP contribution in [0.25, 0.3) is 0 Å². The van der Waals surface area contributed by atoms with Gasteiger partial charge in [-0.2, -0.15) is 4.68 Å². The summed E-state index contributed by atoms with van der Waals surface area (Å²) in [5.74, 6) is 0.549. The first kappa shape index (κ1) is 9.39. The molecule has 2 heterocycles. The lowest BCUT2D eigenvalue weighted by Crippen LogP contribution is -2.43. The number of tetrazole rings is 1. The Labute approximate surface area is 82.6 Å². The second-order valence-corrected chi connectivity index (χ2v) is 3.71. The minimum absolute atomic E-state index is 0.174. The molecule has 0 radical (unpaired) electrons. The number of hydrogen-bond acceptors (Lipinski definition) is 5. The summed E-state index contributed by atoms with van der Waals surface area (Å²) in [6.07, 6.45) is 1.31. The smallest absolute Gasteiger partial charge is 0.335 e. The number of rotatable bonds is 2. The fourth-order valence-corrected chi connectivity index (χ4v) is 1.58. The van der Waals surface area contributed by atoms with Crippen LogP contribution in [0.15, 0.2) is 0 Å². The normalized spacial score (nSPS) is 27.6. The molecular formula is C8H15N5O. The molecular weight excluding hydrogens is 182 g/mol. The Morgan fingerprint density at radius 1 is 1.57 bits per heavy atom. The van der Waals surface area contributed by atoms with E-state index in [-0.39, 0.29) is 6.10 Å². The van der Waals surface area contributed by atoms with Crippen LogP contribution in [0.3, 0.4) is 0 Å². The molecule has 1 saturated heterocycles. The highest BCUT2D eigenvalue weighted by molar-refractivity contribution is 4.90. The second kappa shape index (κ2) is 3.91. The van der Waals surface area contributed by atoms with Crippen LogP contribution in [-0.2, 0) is 7.05 Å². The summed E-state index contributed by atoms with van der Waals surface area (Å²) in [6.45, 7) is 4.13. The number of nitrogens with one attached hydrogen (secondary N) is 1. The van der Waals surface area contributed by atoms with Crippen LogP contribution in [0.1, 0.15) is 13.3 Å². The van der Waals surface area contributed by atoms with Gasteiger partial charge in [0.2, 0.25) is 0 Å². The molecule has 6 nitrogen and oxygen atoms in total.